The molecule has 0 saturated carbocycles. The summed E-state index contributed by atoms with van der Waals surface area (Å²) in [5.74, 6) is -0.123. The maximum atomic E-state index is 12.7. The standard InChI is InChI=1S/C20H16N2O3S/c1-26(24,25)15-7-8-16-13(10-15)4-9-18-17(16)11-19(22-18)20(23)12-2-5-14(21)6-3-12/h2-11,22H,21H2,1H3. The second kappa shape index (κ2) is 5.71. The fraction of sp³-hybridized carbons (Fsp3) is 0.0500. The molecule has 3 N–H and O–H groups in total. The van der Waals surface area contributed by atoms with E-state index in [9.17, 15) is 13.2 Å². The van der Waals surface area contributed by atoms with E-state index in [1.54, 1.807) is 48.5 Å². The van der Waals surface area contributed by atoms with Crippen LogP contribution in [-0.2, 0) is 9.84 Å². The Bertz CT molecular complexity index is 1270. The van der Waals surface area contributed by atoms with Crippen LogP contribution in [0.5, 0.6) is 0 Å². The molecule has 1 aromatic heterocycles. The highest BCUT2D eigenvalue weighted by Gasteiger charge is 2.14. The summed E-state index contributed by atoms with van der Waals surface area (Å²) in [6, 6.07) is 17.3. The average molecular weight is 364 g/mol. The van der Waals surface area contributed by atoms with Crippen molar-refractivity contribution >= 4 is 43.0 Å². The molecule has 0 radical (unpaired) electrons. The molecule has 3 aromatic carbocycles. The van der Waals surface area contributed by atoms with Crippen molar-refractivity contribution in [3.8, 4) is 0 Å². The van der Waals surface area contributed by atoms with Gasteiger partial charge in [0, 0.05) is 28.4 Å². The minimum Gasteiger partial charge on any atom is -0.399 e. The van der Waals surface area contributed by atoms with Crippen LogP contribution in [0.25, 0.3) is 21.7 Å². The minimum absolute atomic E-state index is 0.123. The smallest absolute Gasteiger partial charge is 0.209 e. The maximum Gasteiger partial charge on any atom is 0.209 e. The van der Waals surface area contributed by atoms with Gasteiger partial charge in [-0.3, -0.25) is 4.79 Å². The van der Waals surface area contributed by atoms with E-state index in [0.717, 1.165) is 21.7 Å². The lowest BCUT2D eigenvalue weighted by atomic mass is 10.1. The first-order valence-corrected chi connectivity index (χ1v) is 9.88. The number of aromatic amines is 1. The normalized spacial score (nSPS) is 11.9. The van der Waals surface area contributed by atoms with Crippen molar-refractivity contribution in [1.29, 1.82) is 0 Å². The highest BCUT2D eigenvalue weighted by atomic mass is 32.2. The number of aromatic nitrogens is 1. The summed E-state index contributed by atoms with van der Waals surface area (Å²) >= 11 is 0. The minimum atomic E-state index is -3.27. The number of sulfone groups is 1. The van der Waals surface area contributed by atoms with Gasteiger partial charge in [-0.05, 0) is 59.3 Å². The van der Waals surface area contributed by atoms with Gasteiger partial charge >= 0.3 is 0 Å². The molecule has 0 saturated heterocycles. The number of ketones is 1. The molecule has 4 rings (SSSR count). The summed E-state index contributed by atoms with van der Waals surface area (Å²) in [5, 5.41) is 2.58. The molecule has 0 spiro atoms. The van der Waals surface area contributed by atoms with Crippen molar-refractivity contribution in [2.75, 3.05) is 12.0 Å². The molecule has 0 unspecified atom stereocenters. The highest BCUT2D eigenvalue weighted by Crippen LogP contribution is 2.28. The van der Waals surface area contributed by atoms with Crippen molar-refractivity contribution in [2.24, 2.45) is 0 Å². The van der Waals surface area contributed by atoms with Crippen LogP contribution in [0.1, 0.15) is 16.1 Å². The molecule has 0 aliphatic heterocycles. The Balaban J connectivity index is 1.85. The Morgan fingerprint density at radius 1 is 0.923 bits per heavy atom. The molecule has 0 atom stereocenters. The molecule has 0 fully saturated rings. The largest absolute Gasteiger partial charge is 0.399 e. The fourth-order valence-electron chi connectivity index (χ4n) is 3.06. The lowest BCUT2D eigenvalue weighted by molar-refractivity contribution is 0.103. The topological polar surface area (TPSA) is 93.0 Å². The number of hydrogen-bond acceptors (Lipinski definition) is 4. The predicted octanol–water partition coefficient (Wildman–Crippen LogP) is 3.54. The third-order valence-electron chi connectivity index (χ3n) is 4.44. The number of benzene rings is 3. The predicted molar refractivity (Wildman–Crippen MR) is 103 cm³/mol. The van der Waals surface area contributed by atoms with Gasteiger partial charge in [0.15, 0.2) is 9.84 Å². The molecule has 0 aliphatic rings. The van der Waals surface area contributed by atoms with Gasteiger partial charge in [-0.15, -0.1) is 0 Å². The van der Waals surface area contributed by atoms with Crippen molar-refractivity contribution in [2.45, 2.75) is 4.90 Å². The Morgan fingerprint density at radius 2 is 1.65 bits per heavy atom. The van der Waals surface area contributed by atoms with Crippen LogP contribution in [0.2, 0.25) is 0 Å². The van der Waals surface area contributed by atoms with Crippen molar-refractivity contribution in [3.05, 3.63) is 71.9 Å². The van der Waals surface area contributed by atoms with Crippen LogP contribution in [0.15, 0.2) is 65.6 Å². The Kier molecular flexibility index (Phi) is 3.59. The maximum absolute atomic E-state index is 12.7. The van der Waals surface area contributed by atoms with E-state index < -0.39 is 9.84 Å². The summed E-state index contributed by atoms with van der Waals surface area (Å²) in [5.41, 5.74) is 8.12. The fourth-order valence-corrected chi connectivity index (χ4v) is 3.72. The van der Waals surface area contributed by atoms with Gasteiger partial charge in [0.1, 0.15) is 0 Å². The van der Waals surface area contributed by atoms with Crippen LogP contribution in [0.3, 0.4) is 0 Å². The van der Waals surface area contributed by atoms with Crippen LogP contribution >= 0.6 is 0 Å². The van der Waals surface area contributed by atoms with Gasteiger partial charge in [-0.1, -0.05) is 12.1 Å². The molecule has 1 heterocycles. The van der Waals surface area contributed by atoms with E-state index >= 15 is 0 Å². The quantitative estimate of drug-likeness (QED) is 0.429. The van der Waals surface area contributed by atoms with Gasteiger partial charge < -0.3 is 10.7 Å². The van der Waals surface area contributed by atoms with E-state index in [0.29, 0.717) is 16.9 Å². The molecule has 5 nitrogen and oxygen atoms in total. The van der Waals surface area contributed by atoms with Crippen molar-refractivity contribution < 1.29 is 13.2 Å². The Morgan fingerprint density at radius 3 is 2.35 bits per heavy atom. The molecule has 26 heavy (non-hydrogen) atoms. The van der Waals surface area contributed by atoms with Crippen LogP contribution < -0.4 is 5.73 Å². The number of nitrogens with one attached hydrogen (secondary N) is 1. The SMILES string of the molecule is CS(=O)(=O)c1ccc2c(ccc3[nH]c(C(=O)c4ccc(N)cc4)cc32)c1. The number of hydrogen-bond donors (Lipinski definition) is 2. The van der Waals surface area contributed by atoms with Crippen LogP contribution in [-0.4, -0.2) is 25.4 Å². The first-order chi connectivity index (χ1) is 12.3. The number of carbonyl (C=O) groups is 1. The van der Waals surface area contributed by atoms with E-state index in [2.05, 4.69) is 4.98 Å². The van der Waals surface area contributed by atoms with E-state index in [-0.39, 0.29) is 10.7 Å². The zero-order valence-corrected chi connectivity index (χ0v) is 14.8. The van der Waals surface area contributed by atoms with Crippen molar-refractivity contribution in [1.82, 2.24) is 4.98 Å². The Labute approximate surface area is 150 Å². The molecule has 4 aromatic rings. The first kappa shape index (κ1) is 16.4. The van der Waals surface area contributed by atoms with Gasteiger partial charge in [-0.2, -0.15) is 0 Å². The third-order valence-corrected chi connectivity index (χ3v) is 5.55. The summed E-state index contributed by atoms with van der Waals surface area (Å²) in [4.78, 5) is 16.1. The summed E-state index contributed by atoms with van der Waals surface area (Å²) in [6.45, 7) is 0. The number of nitrogen functional groups attached to an aromatic ring is 1. The number of fused-ring (bicyclic) bond motifs is 3. The van der Waals surface area contributed by atoms with Crippen LogP contribution in [0.4, 0.5) is 5.69 Å². The first-order valence-electron chi connectivity index (χ1n) is 7.99. The van der Waals surface area contributed by atoms with E-state index in [1.165, 1.54) is 6.26 Å². The second-order valence-electron chi connectivity index (χ2n) is 6.32. The molecule has 0 bridgehead atoms. The van der Waals surface area contributed by atoms with Crippen molar-refractivity contribution in [3.63, 3.8) is 0 Å². The number of carbonyl (C=O) groups excluding carboxylic acids is 1. The summed E-state index contributed by atoms with van der Waals surface area (Å²) < 4.78 is 23.5. The van der Waals surface area contributed by atoms with Gasteiger partial charge in [0.25, 0.3) is 0 Å². The molecule has 6 heteroatoms. The van der Waals surface area contributed by atoms with Gasteiger partial charge in [0.2, 0.25) is 5.78 Å². The Hall–Kier alpha value is -3.12. The number of rotatable bonds is 3. The molecular weight excluding hydrogens is 348 g/mol. The molecular formula is C20H16N2O3S. The summed E-state index contributed by atoms with van der Waals surface area (Å²) in [7, 11) is -3.27. The number of H-pyrrole nitrogens is 1. The number of nitrogens with two attached hydrogens (primary N) is 1. The third kappa shape index (κ3) is 2.74. The monoisotopic (exact) mass is 364 g/mol. The van der Waals surface area contributed by atoms with E-state index in [4.69, 9.17) is 5.73 Å². The van der Waals surface area contributed by atoms with E-state index in [1.807, 2.05) is 12.1 Å². The highest BCUT2D eigenvalue weighted by molar-refractivity contribution is 7.90. The molecule has 0 amide bonds. The molecule has 0 aliphatic carbocycles. The van der Waals surface area contributed by atoms with Crippen LogP contribution in [0, 0.1) is 0 Å². The zero-order chi connectivity index (χ0) is 18.5. The molecule has 130 valence electrons. The van der Waals surface area contributed by atoms with Gasteiger partial charge in [-0.25, -0.2) is 8.42 Å². The average Bonchev–Trinajstić information content (AvgIpc) is 3.05. The lowest BCUT2D eigenvalue weighted by Gasteiger charge is -2.03. The summed E-state index contributed by atoms with van der Waals surface area (Å²) in [6.07, 6.45) is 1.19. The second-order valence-corrected chi connectivity index (χ2v) is 8.33. The van der Waals surface area contributed by atoms with Gasteiger partial charge in [0.05, 0.1) is 10.6 Å². The number of anilines is 1. The lowest BCUT2D eigenvalue weighted by Crippen LogP contribution is -2.01. The zero-order valence-electron chi connectivity index (χ0n) is 14.0.